The highest BCUT2D eigenvalue weighted by atomic mass is 79.9. The summed E-state index contributed by atoms with van der Waals surface area (Å²) in [6, 6.07) is 5.26. The molecule has 1 N–H and O–H groups in total. The van der Waals surface area contributed by atoms with Gasteiger partial charge in [0.15, 0.2) is 0 Å². The van der Waals surface area contributed by atoms with E-state index in [0.29, 0.717) is 29.6 Å². The first kappa shape index (κ1) is 14.8. The molecule has 0 aliphatic carbocycles. The molecular weight excluding hydrogens is 330 g/mol. The summed E-state index contributed by atoms with van der Waals surface area (Å²) in [5, 5.41) is 10.1. The van der Waals surface area contributed by atoms with Gasteiger partial charge in [-0.15, -0.1) is 0 Å². The number of nitrogens with zero attached hydrogens (tertiary/aromatic N) is 1. The second-order valence-corrected chi connectivity index (χ2v) is 6.26. The molecule has 5 heteroatoms. The molecule has 0 bridgehead atoms. The van der Waals surface area contributed by atoms with Gasteiger partial charge in [-0.1, -0.05) is 11.6 Å². The summed E-state index contributed by atoms with van der Waals surface area (Å²) in [5.74, 6) is 0.316. The van der Waals surface area contributed by atoms with Gasteiger partial charge < -0.3 is 10.0 Å². The van der Waals surface area contributed by atoms with Crippen molar-refractivity contribution >= 4 is 33.4 Å². The van der Waals surface area contributed by atoms with E-state index in [1.54, 1.807) is 18.2 Å². The van der Waals surface area contributed by atoms with Crippen LogP contribution in [0.4, 0.5) is 0 Å². The normalized spacial score (nSPS) is 18.4. The van der Waals surface area contributed by atoms with Crippen LogP contribution in [-0.2, 0) is 0 Å². The van der Waals surface area contributed by atoms with E-state index in [-0.39, 0.29) is 12.0 Å². The van der Waals surface area contributed by atoms with E-state index in [0.717, 1.165) is 17.3 Å². The molecule has 1 saturated heterocycles. The molecule has 104 valence electrons. The van der Waals surface area contributed by atoms with E-state index in [2.05, 4.69) is 15.9 Å². The molecule has 1 aliphatic heterocycles. The van der Waals surface area contributed by atoms with E-state index in [9.17, 15) is 9.90 Å². The maximum absolute atomic E-state index is 12.3. The van der Waals surface area contributed by atoms with Gasteiger partial charge in [0, 0.05) is 23.1 Å². The van der Waals surface area contributed by atoms with Gasteiger partial charge in [-0.05, 0) is 59.8 Å². The predicted molar refractivity (Wildman–Crippen MR) is 79.5 cm³/mol. The zero-order valence-electron chi connectivity index (χ0n) is 10.8. The topological polar surface area (TPSA) is 40.5 Å². The molecule has 0 radical (unpaired) electrons. The quantitative estimate of drug-likeness (QED) is 0.892. The molecule has 19 heavy (non-hydrogen) atoms. The van der Waals surface area contributed by atoms with Crippen LogP contribution in [0.2, 0.25) is 5.02 Å². The monoisotopic (exact) mass is 345 g/mol. The number of halogens is 2. The molecule has 1 fully saturated rings. The lowest BCUT2D eigenvalue weighted by molar-refractivity contribution is 0.0521. The molecule has 1 aliphatic rings. The first-order valence-electron chi connectivity index (χ1n) is 6.41. The molecule has 1 heterocycles. The second-order valence-electron chi connectivity index (χ2n) is 5.00. The molecule has 0 saturated carbocycles. The number of aliphatic hydroxyl groups is 1. The van der Waals surface area contributed by atoms with E-state index >= 15 is 0 Å². The van der Waals surface area contributed by atoms with Crippen molar-refractivity contribution in [3.63, 3.8) is 0 Å². The van der Waals surface area contributed by atoms with Gasteiger partial charge in [0.05, 0.1) is 11.1 Å². The van der Waals surface area contributed by atoms with Crippen molar-refractivity contribution in [2.24, 2.45) is 5.92 Å². The molecule has 0 spiro atoms. The Morgan fingerprint density at radius 3 is 2.63 bits per heavy atom. The summed E-state index contributed by atoms with van der Waals surface area (Å²) in [6.45, 7) is 3.21. The fraction of sp³-hybridized carbons (Fsp3) is 0.500. The van der Waals surface area contributed by atoms with Gasteiger partial charge in [0.25, 0.3) is 5.91 Å². The fourth-order valence-corrected chi connectivity index (χ4v) is 2.82. The van der Waals surface area contributed by atoms with Crippen LogP contribution in [0.3, 0.4) is 0 Å². The highest BCUT2D eigenvalue weighted by Gasteiger charge is 2.26. The molecule has 3 nitrogen and oxygen atoms in total. The number of rotatable bonds is 2. The van der Waals surface area contributed by atoms with E-state index in [1.165, 1.54) is 0 Å². The van der Waals surface area contributed by atoms with Crippen molar-refractivity contribution in [1.82, 2.24) is 4.90 Å². The third kappa shape index (κ3) is 3.50. The van der Waals surface area contributed by atoms with E-state index < -0.39 is 0 Å². The smallest absolute Gasteiger partial charge is 0.253 e. The first-order valence-corrected chi connectivity index (χ1v) is 7.58. The van der Waals surface area contributed by atoms with Gasteiger partial charge in [-0.2, -0.15) is 0 Å². The van der Waals surface area contributed by atoms with Gasteiger partial charge >= 0.3 is 0 Å². The van der Waals surface area contributed by atoms with Crippen LogP contribution < -0.4 is 0 Å². The maximum Gasteiger partial charge on any atom is 0.253 e. The van der Waals surface area contributed by atoms with Crippen LogP contribution in [0.25, 0.3) is 0 Å². The average Bonchev–Trinajstić information content (AvgIpc) is 2.41. The van der Waals surface area contributed by atoms with Crippen molar-refractivity contribution in [2.45, 2.75) is 25.9 Å². The van der Waals surface area contributed by atoms with Gasteiger partial charge in [-0.25, -0.2) is 0 Å². The lowest BCUT2D eigenvalue weighted by atomic mass is 9.92. The van der Waals surface area contributed by atoms with Crippen molar-refractivity contribution < 1.29 is 9.90 Å². The number of benzene rings is 1. The molecule has 1 atom stereocenters. The van der Waals surface area contributed by atoms with Gasteiger partial charge in [0.1, 0.15) is 0 Å². The number of hydrogen-bond donors (Lipinski definition) is 1. The molecular formula is C14H17BrClNO2. The highest BCUT2D eigenvalue weighted by molar-refractivity contribution is 9.10. The minimum absolute atomic E-state index is 0.0124. The Balaban J connectivity index is 2.03. The third-order valence-corrected chi connectivity index (χ3v) is 4.91. The lowest BCUT2D eigenvalue weighted by Gasteiger charge is -2.33. The number of hydrogen-bond acceptors (Lipinski definition) is 2. The number of carbonyl (C=O) groups excluding carboxylic acids is 1. The Morgan fingerprint density at radius 1 is 1.47 bits per heavy atom. The maximum atomic E-state index is 12.3. The minimum atomic E-state index is -0.292. The SMILES string of the molecule is CC(O)C1CCN(C(=O)c2ccc(Br)c(Cl)c2)CC1. The van der Waals surface area contributed by atoms with Crippen molar-refractivity contribution in [3.05, 3.63) is 33.3 Å². The molecule has 0 aromatic heterocycles. The Labute approximate surface area is 126 Å². The zero-order valence-corrected chi connectivity index (χ0v) is 13.1. The molecule has 2 rings (SSSR count). The molecule has 1 amide bonds. The fourth-order valence-electron chi connectivity index (χ4n) is 2.40. The summed E-state index contributed by atoms with van der Waals surface area (Å²) in [7, 11) is 0. The lowest BCUT2D eigenvalue weighted by Crippen LogP contribution is -2.40. The van der Waals surface area contributed by atoms with Crippen LogP contribution in [0.1, 0.15) is 30.1 Å². The Hall–Kier alpha value is -0.580. The first-order chi connectivity index (χ1) is 8.99. The summed E-state index contributed by atoms with van der Waals surface area (Å²) in [6.07, 6.45) is 1.42. The number of amides is 1. The third-order valence-electron chi connectivity index (χ3n) is 3.68. The Morgan fingerprint density at radius 2 is 2.11 bits per heavy atom. The number of aliphatic hydroxyl groups excluding tert-OH is 1. The van der Waals surface area contributed by atoms with Crippen molar-refractivity contribution in [1.29, 1.82) is 0 Å². The summed E-state index contributed by atoms with van der Waals surface area (Å²) >= 11 is 9.32. The largest absolute Gasteiger partial charge is 0.393 e. The molecule has 1 aromatic carbocycles. The van der Waals surface area contributed by atoms with Crippen molar-refractivity contribution in [2.75, 3.05) is 13.1 Å². The summed E-state index contributed by atoms with van der Waals surface area (Å²) in [5.41, 5.74) is 0.615. The second kappa shape index (κ2) is 6.25. The van der Waals surface area contributed by atoms with E-state index in [4.69, 9.17) is 11.6 Å². The van der Waals surface area contributed by atoms with E-state index in [1.807, 2.05) is 11.8 Å². The van der Waals surface area contributed by atoms with Crippen molar-refractivity contribution in [3.8, 4) is 0 Å². The number of likely N-dealkylation sites (tertiary alicyclic amines) is 1. The zero-order chi connectivity index (χ0) is 14.0. The standard InChI is InChI=1S/C14H17BrClNO2/c1-9(18)10-4-6-17(7-5-10)14(19)11-2-3-12(15)13(16)8-11/h2-3,8-10,18H,4-7H2,1H3. The van der Waals surface area contributed by atoms with Crippen LogP contribution >= 0.6 is 27.5 Å². The van der Waals surface area contributed by atoms with Gasteiger partial charge in [0.2, 0.25) is 0 Å². The molecule has 1 aromatic rings. The Bertz CT molecular complexity index is 471. The number of carbonyl (C=O) groups is 1. The van der Waals surface area contributed by atoms with Gasteiger partial charge in [-0.3, -0.25) is 4.79 Å². The van der Waals surface area contributed by atoms with Crippen LogP contribution in [0.5, 0.6) is 0 Å². The minimum Gasteiger partial charge on any atom is -0.393 e. The summed E-state index contributed by atoms with van der Waals surface area (Å²) in [4.78, 5) is 14.2. The summed E-state index contributed by atoms with van der Waals surface area (Å²) < 4.78 is 0.790. The number of piperidine rings is 1. The molecule has 1 unspecified atom stereocenters. The van der Waals surface area contributed by atoms with Crippen LogP contribution in [-0.4, -0.2) is 35.1 Å². The Kier molecular flexibility index (Phi) is 4.87. The van der Waals surface area contributed by atoms with Crippen LogP contribution in [0, 0.1) is 5.92 Å². The van der Waals surface area contributed by atoms with Crippen LogP contribution in [0.15, 0.2) is 22.7 Å². The highest BCUT2D eigenvalue weighted by Crippen LogP contribution is 2.26. The average molecular weight is 347 g/mol. The predicted octanol–water partition coefficient (Wildman–Crippen LogP) is 3.34.